The molecule has 1 saturated carbocycles. The molecule has 1 N–H and O–H groups in total. The van der Waals surface area contributed by atoms with Crippen molar-refractivity contribution in [2.75, 3.05) is 13.1 Å². The van der Waals surface area contributed by atoms with E-state index in [-0.39, 0.29) is 5.92 Å². The number of hydrogen-bond acceptors (Lipinski definition) is 2. The number of rotatable bonds is 2. The van der Waals surface area contributed by atoms with Crippen molar-refractivity contribution >= 4 is 5.97 Å². The lowest BCUT2D eigenvalue weighted by atomic mass is 9.75. The molecule has 0 bridgehead atoms. The average molecular weight is 225 g/mol. The van der Waals surface area contributed by atoms with Gasteiger partial charge in [-0.25, -0.2) is 0 Å². The molecule has 2 rings (SSSR count). The van der Waals surface area contributed by atoms with E-state index in [2.05, 4.69) is 18.7 Å². The Morgan fingerprint density at radius 3 is 2.38 bits per heavy atom. The molecular formula is C13H23NO2. The summed E-state index contributed by atoms with van der Waals surface area (Å²) >= 11 is 0. The number of likely N-dealkylation sites (tertiary alicyclic amines) is 1. The van der Waals surface area contributed by atoms with E-state index in [1.165, 1.54) is 25.7 Å². The van der Waals surface area contributed by atoms with Gasteiger partial charge in [0.1, 0.15) is 0 Å². The van der Waals surface area contributed by atoms with E-state index in [9.17, 15) is 4.79 Å². The Balaban J connectivity index is 1.85. The van der Waals surface area contributed by atoms with Gasteiger partial charge in [-0.2, -0.15) is 0 Å². The van der Waals surface area contributed by atoms with E-state index in [1.807, 2.05) is 0 Å². The van der Waals surface area contributed by atoms with Crippen LogP contribution in [0.15, 0.2) is 0 Å². The third-order valence-electron chi connectivity index (χ3n) is 4.39. The van der Waals surface area contributed by atoms with Gasteiger partial charge in [-0.1, -0.05) is 13.8 Å². The van der Waals surface area contributed by atoms with Gasteiger partial charge < -0.3 is 5.11 Å². The van der Waals surface area contributed by atoms with Gasteiger partial charge in [-0.05, 0) is 44.1 Å². The van der Waals surface area contributed by atoms with Crippen molar-refractivity contribution in [1.82, 2.24) is 4.90 Å². The first-order valence-electron chi connectivity index (χ1n) is 6.45. The zero-order chi connectivity index (χ0) is 11.8. The molecule has 2 aliphatic rings. The smallest absolute Gasteiger partial charge is 0.307 e. The van der Waals surface area contributed by atoms with Crippen LogP contribution in [0.3, 0.4) is 0 Å². The predicted molar refractivity (Wildman–Crippen MR) is 63.4 cm³/mol. The maximum atomic E-state index is 10.9. The molecule has 3 heteroatoms. The van der Waals surface area contributed by atoms with E-state index < -0.39 is 5.97 Å². The van der Waals surface area contributed by atoms with Crippen molar-refractivity contribution < 1.29 is 9.90 Å². The highest BCUT2D eigenvalue weighted by atomic mass is 16.4. The lowest BCUT2D eigenvalue weighted by molar-refractivity contribution is -0.141. The van der Waals surface area contributed by atoms with E-state index in [1.54, 1.807) is 0 Å². The first-order chi connectivity index (χ1) is 7.48. The molecular weight excluding hydrogens is 202 g/mol. The topological polar surface area (TPSA) is 40.5 Å². The normalized spacial score (nSPS) is 31.8. The second-order valence-electron chi connectivity index (χ2n) is 6.21. The Labute approximate surface area is 97.8 Å². The Morgan fingerprint density at radius 1 is 1.25 bits per heavy atom. The van der Waals surface area contributed by atoms with Gasteiger partial charge in [0.25, 0.3) is 0 Å². The number of carboxylic acids is 1. The SMILES string of the molecule is CC1(C)CCC(N2CCC(C(=O)O)C2)CC1. The van der Waals surface area contributed by atoms with Crippen LogP contribution in [0.25, 0.3) is 0 Å². The maximum absolute atomic E-state index is 10.9. The molecule has 0 aromatic rings. The molecule has 0 spiro atoms. The summed E-state index contributed by atoms with van der Waals surface area (Å²) in [5, 5.41) is 8.99. The molecule has 0 radical (unpaired) electrons. The predicted octanol–water partition coefficient (Wildman–Crippen LogP) is 2.36. The fourth-order valence-electron chi connectivity index (χ4n) is 3.07. The highest BCUT2D eigenvalue weighted by Gasteiger charge is 2.35. The Morgan fingerprint density at radius 2 is 1.88 bits per heavy atom. The molecule has 16 heavy (non-hydrogen) atoms. The molecule has 1 unspecified atom stereocenters. The lowest BCUT2D eigenvalue weighted by Crippen LogP contribution is -2.38. The number of carbonyl (C=O) groups is 1. The van der Waals surface area contributed by atoms with Gasteiger partial charge in [-0.15, -0.1) is 0 Å². The minimum atomic E-state index is -0.612. The van der Waals surface area contributed by atoms with Crippen LogP contribution < -0.4 is 0 Å². The highest BCUT2D eigenvalue weighted by Crippen LogP contribution is 2.38. The van der Waals surface area contributed by atoms with E-state index in [0.717, 1.165) is 19.5 Å². The molecule has 2 fully saturated rings. The van der Waals surface area contributed by atoms with E-state index >= 15 is 0 Å². The maximum Gasteiger partial charge on any atom is 0.307 e. The van der Waals surface area contributed by atoms with Crippen LogP contribution in [0, 0.1) is 11.3 Å². The zero-order valence-electron chi connectivity index (χ0n) is 10.4. The molecule has 0 aromatic heterocycles. The van der Waals surface area contributed by atoms with Gasteiger partial charge in [-0.3, -0.25) is 9.69 Å². The van der Waals surface area contributed by atoms with Crippen LogP contribution in [0.1, 0.15) is 46.0 Å². The summed E-state index contributed by atoms with van der Waals surface area (Å²) in [4.78, 5) is 13.3. The fourth-order valence-corrected chi connectivity index (χ4v) is 3.07. The molecule has 1 saturated heterocycles. The minimum absolute atomic E-state index is 0.116. The second-order valence-corrected chi connectivity index (χ2v) is 6.21. The zero-order valence-corrected chi connectivity index (χ0v) is 10.4. The van der Waals surface area contributed by atoms with Crippen molar-refractivity contribution in [3.63, 3.8) is 0 Å². The molecule has 1 atom stereocenters. The third-order valence-corrected chi connectivity index (χ3v) is 4.39. The van der Waals surface area contributed by atoms with Gasteiger partial charge in [0.15, 0.2) is 0 Å². The summed E-state index contributed by atoms with van der Waals surface area (Å²) in [6.45, 7) is 6.45. The van der Waals surface area contributed by atoms with E-state index in [4.69, 9.17) is 5.11 Å². The molecule has 1 heterocycles. The summed E-state index contributed by atoms with van der Waals surface area (Å²) in [7, 11) is 0. The second kappa shape index (κ2) is 4.36. The third kappa shape index (κ3) is 2.57. The summed E-state index contributed by atoms with van der Waals surface area (Å²) in [6, 6.07) is 0.650. The lowest BCUT2D eigenvalue weighted by Gasteiger charge is -2.38. The van der Waals surface area contributed by atoms with Crippen LogP contribution in [0.4, 0.5) is 0 Å². The molecule has 0 amide bonds. The van der Waals surface area contributed by atoms with Gasteiger partial charge in [0.2, 0.25) is 0 Å². The average Bonchev–Trinajstić information content (AvgIpc) is 2.66. The van der Waals surface area contributed by atoms with Crippen molar-refractivity contribution in [2.24, 2.45) is 11.3 Å². The summed E-state index contributed by atoms with van der Waals surface area (Å²) in [5.41, 5.74) is 0.502. The molecule has 92 valence electrons. The minimum Gasteiger partial charge on any atom is -0.481 e. The monoisotopic (exact) mass is 225 g/mol. The van der Waals surface area contributed by atoms with Crippen LogP contribution in [0.5, 0.6) is 0 Å². The Kier molecular flexibility index (Phi) is 3.24. The first-order valence-corrected chi connectivity index (χ1v) is 6.45. The fraction of sp³-hybridized carbons (Fsp3) is 0.923. The first kappa shape index (κ1) is 11.9. The van der Waals surface area contributed by atoms with Crippen LogP contribution >= 0.6 is 0 Å². The molecule has 1 aliphatic carbocycles. The standard InChI is InChI=1S/C13H23NO2/c1-13(2)6-3-11(4-7-13)14-8-5-10(9-14)12(15)16/h10-11H,3-9H2,1-2H3,(H,15,16). The summed E-state index contributed by atoms with van der Waals surface area (Å²) in [5.74, 6) is -0.728. The Hall–Kier alpha value is -0.570. The van der Waals surface area contributed by atoms with Gasteiger partial charge in [0, 0.05) is 12.6 Å². The summed E-state index contributed by atoms with van der Waals surface area (Å²) < 4.78 is 0. The highest BCUT2D eigenvalue weighted by molar-refractivity contribution is 5.70. The van der Waals surface area contributed by atoms with Crippen molar-refractivity contribution in [1.29, 1.82) is 0 Å². The van der Waals surface area contributed by atoms with Crippen LogP contribution in [-0.4, -0.2) is 35.1 Å². The number of carboxylic acid groups (broad SMARTS) is 1. The Bertz CT molecular complexity index is 265. The number of nitrogens with zero attached hydrogens (tertiary/aromatic N) is 1. The van der Waals surface area contributed by atoms with Crippen LogP contribution in [-0.2, 0) is 4.79 Å². The molecule has 0 aromatic carbocycles. The largest absolute Gasteiger partial charge is 0.481 e. The van der Waals surface area contributed by atoms with Crippen molar-refractivity contribution in [2.45, 2.75) is 52.0 Å². The summed E-state index contributed by atoms with van der Waals surface area (Å²) in [6.07, 6.45) is 5.91. The van der Waals surface area contributed by atoms with Gasteiger partial charge >= 0.3 is 5.97 Å². The number of hydrogen-bond donors (Lipinski definition) is 1. The van der Waals surface area contributed by atoms with Crippen molar-refractivity contribution in [3.8, 4) is 0 Å². The molecule has 1 aliphatic heterocycles. The van der Waals surface area contributed by atoms with Crippen LogP contribution in [0.2, 0.25) is 0 Å². The quantitative estimate of drug-likeness (QED) is 0.784. The van der Waals surface area contributed by atoms with E-state index in [0.29, 0.717) is 11.5 Å². The molecule has 3 nitrogen and oxygen atoms in total. The van der Waals surface area contributed by atoms with Gasteiger partial charge in [0.05, 0.1) is 5.92 Å². The van der Waals surface area contributed by atoms with Crippen molar-refractivity contribution in [3.05, 3.63) is 0 Å². The number of aliphatic carboxylic acids is 1.